The standard InChI is InChI=1S/C11H21N3O/c1-9(2)13-6-10(7-13)14-5-4-12(3)8-11(14)15/h9-10H,4-8H2,1-3H3. The fourth-order valence-corrected chi connectivity index (χ4v) is 2.30. The molecule has 1 amide bonds. The van der Waals surface area contributed by atoms with Gasteiger partial charge in [-0.2, -0.15) is 0 Å². The Bertz CT molecular complexity index is 248. The van der Waals surface area contributed by atoms with Crippen molar-refractivity contribution in [1.82, 2.24) is 14.7 Å². The van der Waals surface area contributed by atoms with Gasteiger partial charge in [-0.1, -0.05) is 0 Å². The van der Waals surface area contributed by atoms with Gasteiger partial charge < -0.3 is 4.90 Å². The molecule has 2 rings (SSSR count). The topological polar surface area (TPSA) is 26.8 Å². The molecule has 0 aliphatic carbocycles. The Morgan fingerprint density at radius 2 is 1.93 bits per heavy atom. The summed E-state index contributed by atoms with van der Waals surface area (Å²) in [4.78, 5) is 18.4. The monoisotopic (exact) mass is 211 g/mol. The molecule has 0 bridgehead atoms. The quantitative estimate of drug-likeness (QED) is 0.636. The molecular weight excluding hydrogens is 190 g/mol. The lowest BCUT2D eigenvalue weighted by molar-refractivity contribution is -0.142. The highest BCUT2D eigenvalue weighted by atomic mass is 16.2. The molecule has 0 spiro atoms. The van der Waals surface area contributed by atoms with Gasteiger partial charge in [-0.25, -0.2) is 0 Å². The summed E-state index contributed by atoms with van der Waals surface area (Å²) in [5.74, 6) is 0.303. The number of carbonyl (C=O) groups excluding carboxylic acids is 1. The predicted molar refractivity (Wildman–Crippen MR) is 59.7 cm³/mol. The molecule has 0 atom stereocenters. The van der Waals surface area contributed by atoms with E-state index in [1.165, 1.54) is 0 Å². The fourth-order valence-electron chi connectivity index (χ4n) is 2.30. The largest absolute Gasteiger partial charge is 0.335 e. The first kappa shape index (κ1) is 10.9. The van der Waals surface area contributed by atoms with Crippen molar-refractivity contribution in [3.63, 3.8) is 0 Å². The maximum absolute atomic E-state index is 11.8. The van der Waals surface area contributed by atoms with Crippen LogP contribution in [-0.4, -0.2) is 72.5 Å². The Hall–Kier alpha value is -0.610. The Balaban J connectivity index is 1.84. The SMILES string of the molecule is CC(C)N1CC(N2CCN(C)CC2=O)C1. The van der Waals surface area contributed by atoms with Crippen LogP contribution in [0.2, 0.25) is 0 Å². The van der Waals surface area contributed by atoms with Crippen molar-refractivity contribution in [2.75, 3.05) is 39.8 Å². The van der Waals surface area contributed by atoms with Crippen LogP contribution in [0.3, 0.4) is 0 Å². The molecule has 2 aliphatic heterocycles. The summed E-state index contributed by atoms with van der Waals surface area (Å²) in [6.07, 6.45) is 0. The average Bonchev–Trinajstić information content (AvgIpc) is 2.05. The minimum absolute atomic E-state index is 0.303. The summed E-state index contributed by atoms with van der Waals surface area (Å²) in [5, 5.41) is 0. The van der Waals surface area contributed by atoms with E-state index >= 15 is 0 Å². The first-order valence-corrected chi connectivity index (χ1v) is 5.80. The number of likely N-dealkylation sites (N-methyl/N-ethyl adjacent to an activating group) is 1. The number of hydrogen-bond donors (Lipinski definition) is 0. The van der Waals surface area contributed by atoms with E-state index in [4.69, 9.17) is 0 Å². The molecule has 0 unspecified atom stereocenters. The van der Waals surface area contributed by atoms with Gasteiger partial charge in [0.1, 0.15) is 0 Å². The Morgan fingerprint density at radius 3 is 2.47 bits per heavy atom. The van der Waals surface area contributed by atoms with E-state index in [1.807, 2.05) is 7.05 Å². The van der Waals surface area contributed by atoms with Gasteiger partial charge in [0.05, 0.1) is 12.6 Å². The lowest BCUT2D eigenvalue weighted by Crippen LogP contribution is -2.65. The van der Waals surface area contributed by atoms with Gasteiger partial charge in [0.15, 0.2) is 0 Å². The van der Waals surface area contributed by atoms with Crippen LogP contribution in [0, 0.1) is 0 Å². The molecule has 15 heavy (non-hydrogen) atoms. The molecule has 0 aromatic carbocycles. The second-order valence-corrected chi connectivity index (χ2v) is 5.03. The molecule has 0 aromatic heterocycles. The second-order valence-electron chi connectivity index (χ2n) is 5.03. The maximum atomic E-state index is 11.8. The van der Waals surface area contributed by atoms with Crippen LogP contribution < -0.4 is 0 Å². The second kappa shape index (κ2) is 4.10. The van der Waals surface area contributed by atoms with E-state index in [0.29, 0.717) is 24.5 Å². The highest BCUT2D eigenvalue weighted by Crippen LogP contribution is 2.19. The summed E-state index contributed by atoms with van der Waals surface area (Å²) in [6, 6.07) is 1.09. The zero-order valence-electron chi connectivity index (χ0n) is 9.94. The number of rotatable bonds is 2. The van der Waals surface area contributed by atoms with E-state index in [-0.39, 0.29) is 0 Å². The average molecular weight is 211 g/mol. The summed E-state index contributed by atoms with van der Waals surface area (Å²) < 4.78 is 0. The molecule has 2 aliphatic rings. The molecule has 2 heterocycles. The van der Waals surface area contributed by atoms with Gasteiger partial charge in [0.2, 0.25) is 5.91 Å². The van der Waals surface area contributed by atoms with E-state index in [0.717, 1.165) is 26.2 Å². The van der Waals surface area contributed by atoms with Gasteiger partial charge in [-0.05, 0) is 20.9 Å². The number of nitrogens with zero attached hydrogens (tertiary/aromatic N) is 3. The molecular formula is C11H21N3O. The van der Waals surface area contributed by atoms with Gasteiger partial charge in [-0.15, -0.1) is 0 Å². The number of piperazine rings is 1. The van der Waals surface area contributed by atoms with Crippen LogP contribution in [0.5, 0.6) is 0 Å². The lowest BCUT2D eigenvalue weighted by Gasteiger charge is -2.49. The smallest absolute Gasteiger partial charge is 0.237 e. The van der Waals surface area contributed by atoms with Crippen LogP contribution in [-0.2, 0) is 4.79 Å². The third-order valence-electron chi connectivity index (χ3n) is 3.51. The maximum Gasteiger partial charge on any atom is 0.237 e. The van der Waals surface area contributed by atoms with E-state index in [9.17, 15) is 4.79 Å². The molecule has 4 heteroatoms. The number of amides is 1. The van der Waals surface area contributed by atoms with E-state index in [2.05, 4.69) is 28.5 Å². The van der Waals surface area contributed by atoms with Crippen molar-refractivity contribution in [1.29, 1.82) is 0 Å². The lowest BCUT2D eigenvalue weighted by atomic mass is 10.0. The summed E-state index contributed by atoms with van der Waals surface area (Å²) >= 11 is 0. The Labute approximate surface area is 91.8 Å². The molecule has 0 radical (unpaired) electrons. The highest BCUT2D eigenvalue weighted by molar-refractivity contribution is 5.79. The van der Waals surface area contributed by atoms with Crippen LogP contribution in [0.1, 0.15) is 13.8 Å². The molecule has 2 saturated heterocycles. The van der Waals surface area contributed by atoms with Crippen LogP contribution in [0.25, 0.3) is 0 Å². The molecule has 4 nitrogen and oxygen atoms in total. The van der Waals surface area contributed by atoms with Crippen molar-refractivity contribution >= 4 is 5.91 Å². The van der Waals surface area contributed by atoms with Crippen LogP contribution >= 0.6 is 0 Å². The summed E-state index contributed by atoms with van der Waals surface area (Å²) in [5.41, 5.74) is 0. The number of likely N-dealkylation sites (tertiary alicyclic amines) is 1. The Morgan fingerprint density at radius 1 is 1.27 bits per heavy atom. The van der Waals surface area contributed by atoms with Gasteiger partial charge in [0.25, 0.3) is 0 Å². The van der Waals surface area contributed by atoms with Crippen molar-refractivity contribution in [2.24, 2.45) is 0 Å². The third kappa shape index (κ3) is 2.16. The van der Waals surface area contributed by atoms with Crippen molar-refractivity contribution < 1.29 is 4.79 Å². The van der Waals surface area contributed by atoms with Crippen molar-refractivity contribution in [2.45, 2.75) is 25.9 Å². The first-order valence-electron chi connectivity index (χ1n) is 5.80. The molecule has 0 aromatic rings. The highest BCUT2D eigenvalue weighted by Gasteiger charge is 2.36. The van der Waals surface area contributed by atoms with Gasteiger partial charge >= 0.3 is 0 Å². The van der Waals surface area contributed by atoms with E-state index in [1.54, 1.807) is 0 Å². The molecule has 0 saturated carbocycles. The minimum atomic E-state index is 0.303. The third-order valence-corrected chi connectivity index (χ3v) is 3.51. The zero-order valence-corrected chi connectivity index (χ0v) is 9.94. The first-order chi connectivity index (χ1) is 7.08. The van der Waals surface area contributed by atoms with Crippen molar-refractivity contribution in [3.05, 3.63) is 0 Å². The fraction of sp³-hybridized carbons (Fsp3) is 0.909. The Kier molecular flexibility index (Phi) is 2.98. The summed E-state index contributed by atoms with van der Waals surface area (Å²) in [7, 11) is 2.01. The molecule has 2 fully saturated rings. The van der Waals surface area contributed by atoms with Gasteiger partial charge in [-0.3, -0.25) is 14.6 Å². The normalized spacial score (nSPS) is 26.1. The summed E-state index contributed by atoms with van der Waals surface area (Å²) in [6.45, 7) is 9.07. The minimum Gasteiger partial charge on any atom is -0.335 e. The zero-order chi connectivity index (χ0) is 11.0. The van der Waals surface area contributed by atoms with E-state index < -0.39 is 0 Å². The predicted octanol–water partition coefficient (Wildman–Crippen LogP) is -0.147. The van der Waals surface area contributed by atoms with Crippen molar-refractivity contribution in [3.8, 4) is 0 Å². The number of carbonyl (C=O) groups is 1. The van der Waals surface area contributed by atoms with Crippen LogP contribution in [0.4, 0.5) is 0 Å². The molecule has 0 N–H and O–H groups in total. The molecule has 86 valence electrons. The van der Waals surface area contributed by atoms with Gasteiger partial charge in [0, 0.05) is 32.2 Å². The number of hydrogen-bond acceptors (Lipinski definition) is 3. The van der Waals surface area contributed by atoms with Crippen LogP contribution in [0.15, 0.2) is 0 Å².